The van der Waals surface area contributed by atoms with Gasteiger partial charge in [-0.15, -0.1) is 0 Å². The molecule has 0 saturated heterocycles. The van der Waals surface area contributed by atoms with Gasteiger partial charge in [0.1, 0.15) is 11.9 Å². The van der Waals surface area contributed by atoms with Crippen molar-refractivity contribution in [1.29, 1.82) is 0 Å². The Morgan fingerprint density at radius 2 is 1.90 bits per heavy atom. The lowest BCUT2D eigenvalue weighted by Gasteiger charge is -2.23. The van der Waals surface area contributed by atoms with Crippen LogP contribution in [0.15, 0.2) is 18.2 Å². The molecule has 0 heterocycles. The van der Waals surface area contributed by atoms with Crippen molar-refractivity contribution in [2.75, 3.05) is 6.61 Å². The van der Waals surface area contributed by atoms with Gasteiger partial charge in [0.2, 0.25) is 0 Å². The van der Waals surface area contributed by atoms with E-state index in [9.17, 15) is 20.1 Å². The van der Waals surface area contributed by atoms with E-state index in [0.29, 0.717) is 11.1 Å². The fraction of sp³-hybridized carbons (Fsp3) is 0.533. The minimum atomic E-state index is -1.65. The van der Waals surface area contributed by atoms with E-state index in [-0.39, 0.29) is 17.8 Å². The molecule has 0 amide bonds. The third kappa shape index (κ3) is 3.71. The highest BCUT2D eigenvalue weighted by molar-refractivity contribution is 5.75. The molecule has 2 atom stereocenters. The number of hydrogen-bond donors (Lipinski definition) is 3. The van der Waals surface area contributed by atoms with Crippen LogP contribution in [0.4, 0.5) is 0 Å². The number of carbonyl (C=O) groups is 1. The van der Waals surface area contributed by atoms with Crippen molar-refractivity contribution in [3.63, 3.8) is 0 Å². The van der Waals surface area contributed by atoms with Crippen LogP contribution >= 0.6 is 0 Å². The van der Waals surface area contributed by atoms with Gasteiger partial charge in [0.05, 0.1) is 6.61 Å². The zero-order chi connectivity index (χ0) is 15.5. The molecular formula is C15H22O5. The van der Waals surface area contributed by atoms with Crippen molar-refractivity contribution >= 4 is 5.97 Å². The highest BCUT2D eigenvalue weighted by Crippen LogP contribution is 2.33. The fourth-order valence-corrected chi connectivity index (χ4v) is 1.88. The first-order valence-electron chi connectivity index (χ1n) is 6.54. The van der Waals surface area contributed by atoms with E-state index in [2.05, 4.69) is 4.74 Å². The maximum atomic E-state index is 11.4. The van der Waals surface area contributed by atoms with Gasteiger partial charge in [-0.3, -0.25) is 0 Å². The lowest BCUT2D eigenvalue weighted by molar-refractivity contribution is -0.159. The number of benzene rings is 1. The molecule has 0 saturated carbocycles. The molecule has 1 aromatic carbocycles. The van der Waals surface area contributed by atoms with E-state index in [1.807, 2.05) is 20.8 Å². The van der Waals surface area contributed by atoms with Gasteiger partial charge in [0.15, 0.2) is 6.10 Å². The largest absolute Gasteiger partial charge is 0.508 e. The van der Waals surface area contributed by atoms with E-state index in [1.165, 1.54) is 12.1 Å². The lowest BCUT2D eigenvalue weighted by Crippen LogP contribution is -2.30. The first kappa shape index (κ1) is 16.5. The second-order valence-electron chi connectivity index (χ2n) is 5.67. The van der Waals surface area contributed by atoms with Crippen LogP contribution in [0.5, 0.6) is 5.75 Å². The van der Waals surface area contributed by atoms with Gasteiger partial charge in [-0.25, -0.2) is 4.79 Å². The Balaban J connectivity index is 3.05. The topological polar surface area (TPSA) is 87.0 Å². The van der Waals surface area contributed by atoms with Gasteiger partial charge in [-0.2, -0.15) is 0 Å². The molecule has 1 rings (SSSR count). The Labute approximate surface area is 118 Å². The van der Waals surface area contributed by atoms with Gasteiger partial charge in [0.25, 0.3) is 0 Å². The van der Waals surface area contributed by atoms with Gasteiger partial charge >= 0.3 is 5.97 Å². The molecule has 112 valence electrons. The van der Waals surface area contributed by atoms with Crippen molar-refractivity contribution < 1.29 is 24.9 Å². The number of carbonyl (C=O) groups excluding carboxylic acids is 1. The predicted molar refractivity (Wildman–Crippen MR) is 74.4 cm³/mol. The molecule has 0 fully saturated rings. The van der Waals surface area contributed by atoms with Crippen LogP contribution in [0.25, 0.3) is 0 Å². The maximum absolute atomic E-state index is 11.4. The van der Waals surface area contributed by atoms with Gasteiger partial charge in [0, 0.05) is 0 Å². The molecule has 3 N–H and O–H groups in total. The first-order valence-corrected chi connectivity index (χ1v) is 6.54. The molecule has 0 aromatic heterocycles. The van der Waals surface area contributed by atoms with Gasteiger partial charge < -0.3 is 20.1 Å². The Hall–Kier alpha value is -1.59. The van der Waals surface area contributed by atoms with Crippen LogP contribution in [-0.4, -0.2) is 34.0 Å². The van der Waals surface area contributed by atoms with Crippen LogP contribution in [0, 0.1) is 0 Å². The molecule has 0 aliphatic carbocycles. The number of aliphatic hydroxyl groups excluding tert-OH is 2. The highest BCUT2D eigenvalue weighted by Gasteiger charge is 2.28. The summed E-state index contributed by atoms with van der Waals surface area (Å²) < 4.78 is 4.67. The lowest BCUT2D eigenvalue weighted by atomic mass is 9.84. The Morgan fingerprint density at radius 1 is 1.30 bits per heavy atom. The number of phenols is 1. The SMILES string of the molecule is CCOC(=O)C(O)C(O)c1ccc(O)c(C(C)(C)C)c1. The smallest absolute Gasteiger partial charge is 0.338 e. The van der Waals surface area contributed by atoms with Gasteiger partial charge in [-0.05, 0) is 35.6 Å². The molecule has 0 aliphatic heterocycles. The molecule has 0 bridgehead atoms. The second kappa shape index (κ2) is 6.24. The number of rotatable bonds is 4. The van der Waals surface area contributed by atoms with E-state index in [4.69, 9.17) is 0 Å². The molecule has 0 radical (unpaired) electrons. The molecular weight excluding hydrogens is 260 g/mol. The standard InChI is InChI=1S/C15H22O5/c1-5-20-14(19)13(18)12(17)9-6-7-11(16)10(8-9)15(2,3)4/h6-8,12-13,16-18H,5H2,1-4H3. The quantitative estimate of drug-likeness (QED) is 0.731. The van der Waals surface area contributed by atoms with Crippen molar-refractivity contribution in [1.82, 2.24) is 0 Å². The average molecular weight is 282 g/mol. The minimum absolute atomic E-state index is 0.110. The van der Waals surface area contributed by atoms with E-state index >= 15 is 0 Å². The van der Waals surface area contributed by atoms with Crippen LogP contribution in [0.2, 0.25) is 0 Å². The first-order chi connectivity index (χ1) is 9.18. The number of phenolic OH excluding ortho intramolecular Hbond substituents is 1. The summed E-state index contributed by atoms with van der Waals surface area (Å²) in [5.74, 6) is -0.760. The molecule has 5 heteroatoms. The van der Waals surface area contributed by atoms with Crippen LogP contribution in [-0.2, 0) is 14.9 Å². The van der Waals surface area contributed by atoms with Crippen LogP contribution < -0.4 is 0 Å². The summed E-state index contributed by atoms with van der Waals surface area (Å²) in [5.41, 5.74) is 0.660. The van der Waals surface area contributed by atoms with Crippen molar-refractivity contribution in [3.05, 3.63) is 29.3 Å². The van der Waals surface area contributed by atoms with E-state index in [0.717, 1.165) is 0 Å². The second-order valence-corrected chi connectivity index (χ2v) is 5.67. The zero-order valence-electron chi connectivity index (χ0n) is 12.3. The van der Waals surface area contributed by atoms with Crippen molar-refractivity contribution in [3.8, 4) is 5.75 Å². The predicted octanol–water partition coefficient (Wildman–Crippen LogP) is 1.65. The van der Waals surface area contributed by atoms with Crippen LogP contribution in [0.3, 0.4) is 0 Å². The van der Waals surface area contributed by atoms with Gasteiger partial charge in [-0.1, -0.05) is 26.8 Å². The summed E-state index contributed by atoms with van der Waals surface area (Å²) in [6.45, 7) is 7.50. The Morgan fingerprint density at radius 3 is 2.40 bits per heavy atom. The summed E-state index contributed by atoms with van der Waals surface area (Å²) in [6, 6.07) is 4.50. The van der Waals surface area contributed by atoms with Crippen LogP contribution in [0.1, 0.15) is 44.9 Å². The summed E-state index contributed by atoms with van der Waals surface area (Å²) >= 11 is 0. The summed E-state index contributed by atoms with van der Waals surface area (Å²) in [7, 11) is 0. The number of ether oxygens (including phenoxy) is 1. The summed E-state index contributed by atoms with van der Waals surface area (Å²) in [6.07, 6.45) is -3.04. The number of aliphatic hydroxyl groups is 2. The maximum Gasteiger partial charge on any atom is 0.338 e. The summed E-state index contributed by atoms with van der Waals surface area (Å²) in [4.78, 5) is 11.4. The zero-order valence-corrected chi connectivity index (χ0v) is 12.3. The molecule has 1 aromatic rings. The van der Waals surface area contributed by atoms with E-state index < -0.39 is 18.2 Å². The highest BCUT2D eigenvalue weighted by atomic mass is 16.5. The third-order valence-corrected chi connectivity index (χ3v) is 3.00. The Bertz CT molecular complexity index is 476. The molecule has 0 spiro atoms. The monoisotopic (exact) mass is 282 g/mol. The number of hydrogen-bond acceptors (Lipinski definition) is 5. The number of aromatic hydroxyl groups is 1. The molecule has 5 nitrogen and oxygen atoms in total. The molecule has 2 unspecified atom stereocenters. The molecule has 0 aliphatic rings. The average Bonchev–Trinajstić information content (AvgIpc) is 2.36. The fourth-order valence-electron chi connectivity index (χ4n) is 1.88. The van der Waals surface area contributed by atoms with E-state index in [1.54, 1.807) is 13.0 Å². The van der Waals surface area contributed by atoms with Crippen molar-refractivity contribution in [2.45, 2.75) is 45.3 Å². The Kier molecular flexibility index (Phi) is 5.14. The normalized spacial score (nSPS) is 14.7. The third-order valence-electron chi connectivity index (χ3n) is 3.00. The summed E-state index contributed by atoms with van der Waals surface area (Å²) in [5, 5.41) is 29.6. The number of esters is 1. The van der Waals surface area contributed by atoms with Crippen molar-refractivity contribution in [2.24, 2.45) is 0 Å². The molecule has 20 heavy (non-hydrogen) atoms. The minimum Gasteiger partial charge on any atom is -0.508 e.